The summed E-state index contributed by atoms with van der Waals surface area (Å²) in [5, 5.41) is 20.0. The van der Waals surface area contributed by atoms with Crippen molar-refractivity contribution in [1.29, 1.82) is 0 Å². The second-order valence-corrected chi connectivity index (χ2v) is 18.9. The first-order valence-corrected chi connectivity index (χ1v) is 23.6. The summed E-state index contributed by atoms with van der Waals surface area (Å²) in [6.07, 6.45) is 0.785. The number of aliphatic hydroxyl groups excluding tert-OH is 1. The molecule has 4 aliphatic rings. The average Bonchev–Trinajstić information content (AvgIpc) is 4.06. The van der Waals surface area contributed by atoms with E-state index in [9.17, 15) is 14.7 Å². The number of carbonyl (C=O) groups is 3. The van der Waals surface area contributed by atoms with Crippen LogP contribution in [0.5, 0.6) is 17.2 Å². The maximum absolute atomic E-state index is 15.9. The summed E-state index contributed by atoms with van der Waals surface area (Å²) in [6, 6.07) is 45.7. The van der Waals surface area contributed by atoms with E-state index in [2.05, 4.69) is 43.2 Å². The number of fused-ring (bicyclic) bond motifs is 4. The highest BCUT2D eigenvalue weighted by molar-refractivity contribution is 6.10. The van der Waals surface area contributed by atoms with Crippen molar-refractivity contribution in [3.63, 3.8) is 0 Å². The number of hydrogen-bond donors (Lipinski definition) is 1. The van der Waals surface area contributed by atoms with E-state index in [1.54, 1.807) is 32.7 Å². The van der Waals surface area contributed by atoms with Crippen molar-refractivity contribution in [3.05, 3.63) is 180 Å². The summed E-state index contributed by atoms with van der Waals surface area (Å²) in [5.74, 6) is 0.666. The molecule has 1 spiro atoms. The molecule has 5 atom stereocenters. The zero-order valence-electron chi connectivity index (χ0n) is 39.3. The van der Waals surface area contributed by atoms with Gasteiger partial charge >= 0.3 is 0 Å². The second-order valence-electron chi connectivity index (χ2n) is 18.9. The van der Waals surface area contributed by atoms with E-state index in [1.807, 2.05) is 133 Å². The van der Waals surface area contributed by atoms with Crippen LogP contribution >= 0.6 is 0 Å². The molecule has 4 aliphatic heterocycles. The summed E-state index contributed by atoms with van der Waals surface area (Å²) in [4.78, 5) is 48.1. The van der Waals surface area contributed by atoms with Gasteiger partial charge in [-0.15, -0.1) is 5.10 Å². The van der Waals surface area contributed by atoms with E-state index < -0.39 is 29.1 Å². The van der Waals surface area contributed by atoms with Crippen LogP contribution in [0.3, 0.4) is 0 Å². The lowest BCUT2D eigenvalue weighted by Gasteiger charge is -2.39. The molecule has 14 nitrogen and oxygen atoms in total. The molecule has 14 heteroatoms. The number of hydrogen-bond acceptors (Lipinski definition) is 10. The normalized spacial score (nSPS) is 21.0. The van der Waals surface area contributed by atoms with Gasteiger partial charge < -0.3 is 29.0 Å². The fourth-order valence-corrected chi connectivity index (χ4v) is 11.2. The number of benzene rings is 6. The Bertz CT molecular complexity index is 3120. The van der Waals surface area contributed by atoms with E-state index in [0.717, 1.165) is 16.9 Å². The van der Waals surface area contributed by atoms with Gasteiger partial charge in [-0.05, 0) is 95.3 Å². The van der Waals surface area contributed by atoms with Crippen molar-refractivity contribution in [3.8, 4) is 17.2 Å². The van der Waals surface area contributed by atoms with E-state index in [4.69, 9.17) is 18.9 Å². The van der Waals surface area contributed by atoms with Crippen molar-refractivity contribution in [2.45, 2.75) is 63.5 Å². The highest BCUT2D eigenvalue weighted by Crippen LogP contribution is 2.61. The summed E-state index contributed by atoms with van der Waals surface area (Å²) >= 11 is 0. The number of para-hydroxylation sites is 4. The number of amides is 3. The van der Waals surface area contributed by atoms with Gasteiger partial charge in [-0.3, -0.25) is 28.9 Å². The highest BCUT2D eigenvalue weighted by Gasteiger charge is 2.66. The van der Waals surface area contributed by atoms with E-state index in [-0.39, 0.29) is 43.4 Å². The maximum Gasteiger partial charge on any atom is 0.269 e. The molecule has 3 amide bonds. The van der Waals surface area contributed by atoms with E-state index >= 15 is 4.79 Å². The van der Waals surface area contributed by atoms with Crippen molar-refractivity contribution < 1.29 is 38.4 Å². The predicted octanol–water partition coefficient (Wildman–Crippen LogP) is 8.94. The van der Waals surface area contributed by atoms with Crippen molar-refractivity contribution in [2.75, 3.05) is 35.0 Å². The van der Waals surface area contributed by atoms with Crippen LogP contribution in [0, 0.1) is 11.8 Å². The van der Waals surface area contributed by atoms with Crippen LogP contribution in [0.15, 0.2) is 152 Å². The molecular weight excluding hydrogens is 885 g/mol. The van der Waals surface area contributed by atoms with Crippen molar-refractivity contribution in [1.82, 2.24) is 15.0 Å². The molecule has 6 aromatic carbocycles. The Morgan fingerprint density at radius 1 is 0.757 bits per heavy atom. The Labute approximate surface area is 405 Å². The van der Waals surface area contributed by atoms with E-state index in [1.165, 1.54) is 0 Å². The SMILES string of the molecule is COc1ccc(C(C)(C)[C@H]2[C@H](CCn3cc([C@H](O)c4ccccc4)nn3)O[C@@]3(C(=O)N(Cc4ccc(N5C(=O)COc6ccccc65)cc4)c4ccc(N5C(=O)COc6ccccc65)cc43)[C@@H]2C)cc1. The predicted molar refractivity (Wildman–Crippen MR) is 263 cm³/mol. The summed E-state index contributed by atoms with van der Waals surface area (Å²) in [5.41, 5.74) is 4.88. The third-order valence-corrected chi connectivity index (χ3v) is 14.6. The molecule has 0 unspecified atom stereocenters. The number of aryl methyl sites for hydroxylation is 1. The number of aromatic nitrogens is 3. The molecule has 1 N–H and O–H groups in total. The lowest BCUT2D eigenvalue weighted by atomic mass is 9.63. The van der Waals surface area contributed by atoms with Crippen LogP contribution in [-0.2, 0) is 43.2 Å². The quantitative estimate of drug-likeness (QED) is 0.126. The molecule has 70 heavy (non-hydrogen) atoms. The highest BCUT2D eigenvalue weighted by atomic mass is 16.5. The Morgan fingerprint density at radius 2 is 1.37 bits per heavy atom. The van der Waals surface area contributed by atoms with Crippen LogP contribution in [-0.4, -0.2) is 64.2 Å². The molecule has 5 heterocycles. The number of aliphatic hydroxyl groups is 1. The third-order valence-electron chi connectivity index (χ3n) is 14.6. The van der Waals surface area contributed by atoms with Crippen LogP contribution in [0.1, 0.15) is 61.2 Å². The molecule has 0 saturated carbocycles. The minimum atomic E-state index is -1.49. The van der Waals surface area contributed by atoms with Crippen LogP contribution in [0.25, 0.3) is 0 Å². The Balaban J connectivity index is 0.990. The molecule has 1 fully saturated rings. The fraction of sp³-hybridized carbons (Fsp3) is 0.268. The first-order chi connectivity index (χ1) is 34.0. The average molecular weight is 937 g/mol. The molecular formula is C56H52N6O8. The fourth-order valence-electron chi connectivity index (χ4n) is 11.2. The molecule has 0 radical (unpaired) electrons. The summed E-state index contributed by atoms with van der Waals surface area (Å²) < 4.78 is 26.3. The monoisotopic (exact) mass is 936 g/mol. The number of rotatable bonds is 12. The lowest BCUT2D eigenvalue weighted by molar-refractivity contribution is -0.146. The zero-order chi connectivity index (χ0) is 48.3. The molecule has 1 aromatic heterocycles. The van der Waals surface area contributed by atoms with Crippen LogP contribution in [0.2, 0.25) is 0 Å². The smallest absolute Gasteiger partial charge is 0.269 e. The summed E-state index contributed by atoms with van der Waals surface area (Å²) in [6.45, 7) is 6.90. The molecule has 0 bridgehead atoms. The number of ether oxygens (including phenoxy) is 4. The molecule has 354 valence electrons. The van der Waals surface area contributed by atoms with E-state index in [0.29, 0.717) is 69.7 Å². The molecule has 0 aliphatic carbocycles. The van der Waals surface area contributed by atoms with Gasteiger partial charge in [0.15, 0.2) is 18.8 Å². The lowest BCUT2D eigenvalue weighted by Crippen LogP contribution is -2.45. The molecule has 7 aromatic rings. The van der Waals surface area contributed by atoms with Crippen molar-refractivity contribution >= 4 is 46.2 Å². The Morgan fingerprint density at radius 3 is 2.03 bits per heavy atom. The van der Waals surface area contributed by atoms with Gasteiger partial charge in [0, 0.05) is 35.3 Å². The summed E-state index contributed by atoms with van der Waals surface area (Å²) in [7, 11) is 1.64. The van der Waals surface area contributed by atoms with Gasteiger partial charge in [-0.25, -0.2) is 0 Å². The number of methoxy groups -OCH3 is 1. The first-order valence-electron chi connectivity index (χ1n) is 23.6. The van der Waals surface area contributed by atoms with Gasteiger partial charge in [-0.2, -0.15) is 0 Å². The van der Waals surface area contributed by atoms with Crippen LogP contribution < -0.4 is 28.9 Å². The Hall–Kier alpha value is -7.81. The minimum absolute atomic E-state index is 0.0732. The largest absolute Gasteiger partial charge is 0.497 e. The zero-order valence-corrected chi connectivity index (χ0v) is 39.3. The third kappa shape index (κ3) is 7.45. The van der Waals surface area contributed by atoms with Gasteiger partial charge in [-0.1, -0.05) is 105 Å². The van der Waals surface area contributed by atoms with Gasteiger partial charge in [0.2, 0.25) is 0 Å². The minimum Gasteiger partial charge on any atom is -0.497 e. The molecule has 11 rings (SSSR count). The number of nitrogens with zero attached hydrogens (tertiary/aromatic N) is 6. The maximum atomic E-state index is 15.9. The number of anilines is 5. The topological polar surface area (TPSA) is 149 Å². The Kier molecular flexibility index (Phi) is 11.2. The van der Waals surface area contributed by atoms with Crippen LogP contribution in [0.4, 0.5) is 28.4 Å². The van der Waals surface area contributed by atoms with Gasteiger partial charge in [0.25, 0.3) is 17.7 Å². The van der Waals surface area contributed by atoms with Crippen molar-refractivity contribution in [2.24, 2.45) is 11.8 Å². The van der Waals surface area contributed by atoms with Gasteiger partial charge in [0.05, 0.1) is 43.0 Å². The molecule has 1 saturated heterocycles. The standard InChI is InChI=1S/C56H52N6O8/c1-35-52(55(2,3)38-20-25-41(67-4)26-21-38)49(28-29-59-32-43(57-58-59)53(65)37-12-6-5-7-13-37)70-56(35)42-30-40(62-46-15-9-11-17-48(46)69-34-51(62)64)24-27-44(42)60(54(56)66)31-36-18-22-39(23-19-36)61-45-14-8-10-16-47(45)68-33-50(61)63/h5-27,30,32,35,49,52-53,65H,28-29,31,33-34H2,1-4H3/t35-,49+,52-,53-,56+/m1/s1. The van der Waals surface area contributed by atoms with Gasteiger partial charge in [0.1, 0.15) is 29.0 Å². The second kappa shape index (κ2) is 17.6. The first kappa shape index (κ1) is 44.7. The number of carbonyl (C=O) groups excluding carboxylic acids is 3.